The summed E-state index contributed by atoms with van der Waals surface area (Å²) in [5.74, 6) is -0.0150. The highest BCUT2D eigenvalue weighted by molar-refractivity contribution is 7.90. The largest absolute Gasteiger partial charge is 0.465 e. The van der Waals surface area contributed by atoms with Crippen LogP contribution in [0.3, 0.4) is 0 Å². The smallest absolute Gasteiger partial charge is 0.419 e. The third-order valence-corrected chi connectivity index (χ3v) is 6.10. The molecule has 0 bridgehead atoms. The van der Waals surface area contributed by atoms with E-state index in [0.717, 1.165) is 11.1 Å². The molecule has 8 heteroatoms. The first kappa shape index (κ1) is 27.6. The van der Waals surface area contributed by atoms with E-state index >= 15 is 0 Å². The Bertz CT molecular complexity index is 1220. The lowest BCUT2D eigenvalue weighted by Gasteiger charge is -2.26. The van der Waals surface area contributed by atoms with Crippen LogP contribution in [0.2, 0.25) is 0 Å². The second kappa shape index (κ2) is 12.2. The number of rotatable bonds is 9. The molecule has 0 N–H and O–H groups in total. The van der Waals surface area contributed by atoms with Gasteiger partial charge in [0.1, 0.15) is 5.75 Å². The molecule has 0 spiro atoms. The maximum Gasteiger partial charge on any atom is 0.419 e. The molecule has 0 aliphatic heterocycles. The Morgan fingerprint density at radius 1 is 1.06 bits per heavy atom. The van der Waals surface area contributed by atoms with Crippen LogP contribution >= 0.6 is 0 Å². The molecule has 2 aromatic rings. The standard InChI is InChI=1S/C27H31NO6S/c1-19(2)18-28(27(30)34-24-14-12-23(13-15-24)26(29)33-5)21(4)20(3)8-7-9-22-10-16-25(17-11-22)35(6,31)32/h7-17,19H,4,18H2,1-3,5-6H3/b9-7+,20-8-. The lowest BCUT2D eigenvalue weighted by atomic mass is 10.1. The summed E-state index contributed by atoms with van der Waals surface area (Å²) in [6.07, 6.45) is 6.04. The summed E-state index contributed by atoms with van der Waals surface area (Å²) >= 11 is 0. The fraction of sp³-hybridized carbons (Fsp3) is 0.259. The van der Waals surface area contributed by atoms with Crippen molar-refractivity contribution in [2.24, 2.45) is 5.92 Å². The van der Waals surface area contributed by atoms with Crippen LogP contribution in [0, 0.1) is 5.92 Å². The molecular weight excluding hydrogens is 466 g/mol. The van der Waals surface area contributed by atoms with Gasteiger partial charge in [-0.1, -0.05) is 50.8 Å². The van der Waals surface area contributed by atoms with Gasteiger partial charge in [-0.2, -0.15) is 0 Å². The first-order valence-corrected chi connectivity index (χ1v) is 12.8. The molecular formula is C27H31NO6S. The number of allylic oxidation sites excluding steroid dienone is 3. The van der Waals surface area contributed by atoms with Crippen molar-refractivity contribution in [3.05, 3.63) is 89.7 Å². The summed E-state index contributed by atoms with van der Waals surface area (Å²) < 4.78 is 33.4. The van der Waals surface area contributed by atoms with Crippen molar-refractivity contribution in [1.29, 1.82) is 0 Å². The van der Waals surface area contributed by atoms with Crippen molar-refractivity contribution in [3.8, 4) is 5.75 Å². The quantitative estimate of drug-likeness (QED) is 0.335. The van der Waals surface area contributed by atoms with Crippen LogP contribution in [-0.2, 0) is 14.6 Å². The highest BCUT2D eigenvalue weighted by atomic mass is 32.2. The van der Waals surface area contributed by atoms with E-state index in [2.05, 4.69) is 11.3 Å². The van der Waals surface area contributed by atoms with E-state index in [1.165, 1.54) is 42.5 Å². The summed E-state index contributed by atoms with van der Waals surface area (Å²) in [5.41, 5.74) is 2.44. The van der Waals surface area contributed by atoms with Gasteiger partial charge in [0.2, 0.25) is 0 Å². The molecule has 0 aliphatic carbocycles. The Morgan fingerprint density at radius 2 is 1.66 bits per heavy atom. The number of amides is 1. The molecule has 0 atom stereocenters. The van der Waals surface area contributed by atoms with Crippen molar-refractivity contribution in [2.75, 3.05) is 19.9 Å². The summed E-state index contributed by atoms with van der Waals surface area (Å²) in [6, 6.07) is 12.7. The highest BCUT2D eigenvalue weighted by Crippen LogP contribution is 2.20. The minimum Gasteiger partial charge on any atom is -0.465 e. The van der Waals surface area contributed by atoms with Gasteiger partial charge in [-0.05, 0) is 60.4 Å². The third-order valence-electron chi connectivity index (χ3n) is 4.97. The van der Waals surface area contributed by atoms with Crippen molar-refractivity contribution in [1.82, 2.24) is 4.90 Å². The summed E-state index contributed by atoms with van der Waals surface area (Å²) in [4.78, 5) is 26.3. The monoisotopic (exact) mass is 497 g/mol. The van der Waals surface area contributed by atoms with E-state index in [9.17, 15) is 18.0 Å². The average molecular weight is 498 g/mol. The minimum absolute atomic E-state index is 0.165. The molecule has 7 nitrogen and oxygen atoms in total. The van der Waals surface area contributed by atoms with Crippen LogP contribution in [-0.4, -0.2) is 45.3 Å². The second-order valence-corrected chi connectivity index (χ2v) is 10.4. The molecule has 0 aliphatic rings. The summed E-state index contributed by atoms with van der Waals surface area (Å²) in [7, 11) is -1.94. The zero-order valence-electron chi connectivity index (χ0n) is 20.6. The van der Waals surface area contributed by atoms with Gasteiger partial charge in [0.25, 0.3) is 0 Å². The average Bonchev–Trinajstić information content (AvgIpc) is 2.81. The SMILES string of the molecule is C=C(/C(C)=C\C=C\c1ccc(S(C)(=O)=O)cc1)N(CC(C)C)C(=O)Oc1ccc(C(=O)OC)cc1. The van der Waals surface area contributed by atoms with Crippen molar-refractivity contribution < 1.29 is 27.5 Å². The van der Waals surface area contributed by atoms with Gasteiger partial charge in [-0.15, -0.1) is 0 Å². The Kier molecular flexibility index (Phi) is 9.59. The number of carbonyl (C=O) groups is 2. The van der Waals surface area contributed by atoms with Crippen molar-refractivity contribution >= 4 is 28.0 Å². The molecule has 0 saturated heterocycles. The molecule has 0 aromatic heterocycles. The predicted molar refractivity (Wildman–Crippen MR) is 137 cm³/mol. The van der Waals surface area contributed by atoms with Crippen LogP contribution in [0.5, 0.6) is 5.75 Å². The number of sulfone groups is 1. The van der Waals surface area contributed by atoms with E-state index in [0.29, 0.717) is 23.6 Å². The van der Waals surface area contributed by atoms with Crippen molar-refractivity contribution in [3.63, 3.8) is 0 Å². The van der Waals surface area contributed by atoms with Crippen LogP contribution in [0.25, 0.3) is 6.08 Å². The van der Waals surface area contributed by atoms with Gasteiger partial charge in [-0.25, -0.2) is 18.0 Å². The molecule has 0 radical (unpaired) electrons. The number of esters is 1. The summed E-state index contributed by atoms with van der Waals surface area (Å²) in [6.45, 7) is 10.3. The first-order chi connectivity index (χ1) is 16.4. The van der Waals surface area contributed by atoms with Crippen LogP contribution < -0.4 is 4.74 Å². The molecule has 186 valence electrons. The van der Waals surface area contributed by atoms with E-state index in [1.54, 1.807) is 30.3 Å². The lowest BCUT2D eigenvalue weighted by molar-refractivity contribution is 0.0600. The number of nitrogens with zero attached hydrogens (tertiary/aromatic N) is 1. The Morgan fingerprint density at radius 3 is 2.17 bits per heavy atom. The van der Waals surface area contributed by atoms with Crippen molar-refractivity contribution in [2.45, 2.75) is 25.7 Å². The van der Waals surface area contributed by atoms with Crippen LogP contribution in [0.4, 0.5) is 4.79 Å². The Balaban J connectivity index is 2.14. The maximum atomic E-state index is 12.9. The van der Waals surface area contributed by atoms with E-state index in [4.69, 9.17) is 4.74 Å². The molecule has 2 rings (SSSR count). The molecule has 0 unspecified atom stereocenters. The fourth-order valence-corrected chi connectivity index (χ4v) is 3.66. The number of hydrogen-bond donors (Lipinski definition) is 0. The normalized spacial score (nSPS) is 12.0. The Hall–Kier alpha value is -3.65. The number of ether oxygens (including phenoxy) is 2. The van der Waals surface area contributed by atoms with Gasteiger partial charge in [0.05, 0.1) is 17.6 Å². The topological polar surface area (TPSA) is 90.0 Å². The molecule has 1 amide bonds. The molecule has 35 heavy (non-hydrogen) atoms. The number of carbonyl (C=O) groups excluding carboxylic acids is 2. The number of hydrogen-bond acceptors (Lipinski definition) is 6. The maximum absolute atomic E-state index is 12.9. The predicted octanol–water partition coefficient (Wildman–Crippen LogP) is 5.51. The zero-order valence-corrected chi connectivity index (χ0v) is 21.5. The van der Waals surface area contributed by atoms with E-state index in [1.807, 2.05) is 32.9 Å². The first-order valence-electron chi connectivity index (χ1n) is 10.9. The van der Waals surface area contributed by atoms with E-state index < -0.39 is 21.9 Å². The lowest BCUT2D eigenvalue weighted by Crippen LogP contribution is -2.35. The molecule has 2 aromatic carbocycles. The Labute approximate surface area is 207 Å². The van der Waals surface area contributed by atoms with Gasteiger partial charge < -0.3 is 9.47 Å². The minimum atomic E-state index is -3.24. The van der Waals surface area contributed by atoms with Gasteiger partial charge in [0.15, 0.2) is 9.84 Å². The van der Waals surface area contributed by atoms with E-state index in [-0.39, 0.29) is 10.8 Å². The molecule has 0 heterocycles. The zero-order chi connectivity index (χ0) is 26.2. The highest BCUT2D eigenvalue weighted by Gasteiger charge is 2.21. The second-order valence-electron chi connectivity index (χ2n) is 8.39. The molecule has 0 fully saturated rings. The number of methoxy groups -OCH3 is 1. The third kappa shape index (κ3) is 8.26. The van der Waals surface area contributed by atoms with Crippen LogP contribution in [0.15, 0.2) is 83.4 Å². The number of benzene rings is 2. The van der Waals surface area contributed by atoms with Gasteiger partial charge >= 0.3 is 12.1 Å². The fourth-order valence-electron chi connectivity index (χ4n) is 3.03. The molecule has 0 saturated carbocycles. The van der Waals surface area contributed by atoms with Gasteiger partial charge in [0, 0.05) is 18.5 Å². The van der Waals surface area contributed by atoms with Gasteiger partial charge in [-0.3, -0.25) is 4.90 Å². The summed E-state index contributed by atoms with van der Waals surface area (Å²) in [5, 5.41) is 0. The van der Waals surface area contributed by atoms with Crippen LogP contribution in [0.1, 0.15) is 36.7 Å².